The minimum absolute atomic E-state index is 0.0621. The molecule has 12 nitrogen and oxygen atoms in total. The number of unbranched alkanes of at least 4 members (excludes halogenated alkanes) is 1. The van der Waals surface area contributed by atoms with Crippen LogP contribution < -0.4 is 27.2 Å². The maximum absolute atomic E-state index is 13.5. The summed E-state index contributed by atoms with van der Waals surface area (Å²) in [5.74, 6) is -1.07. The standard InChI is InChI=1S/C24H38N6O6/c1-6-7-8-29-18(25)17(19(32)26-21(29)34)28(9-10-36-5)16(31)13-30-20(33)24(27-22(30)35)12-15(2)11-23(3,4)14-24/h15H,6-14,25H2,1-5H3,(H,27,35)(H,26,32,34)/t15-,24+/m1/s1. The number of amides is 4. The molecule has 0 aromatic carbocycles. The molecule has 4 N–H and O–H groups in total. The number of rotatable bonds is 9. The Hall–Kier alpha value is -3.15. The second-order valence-corrected chi connectivity index (χ2v) is 10.8. The van der Waals surface area contributed by atoms with Crippen LogP contribution in [0.15, 0.2) is 9.59 Å². The van der Waals surface area contributed by atoms with Gasteiger partial charge in [0.05, 0.1) is 6.61 Å². The first-order valence-corrected chi connectivity index (χ1v) is 12.4. The van der Waals surface area contributed by atoms with Crippen molar-refractivity contribution in [3.63, 3.8) is 0 Å². The fourth-order valence-corrected chi connectivity index (χ4v) is 5.79. The lowest BCUT2D eigenvalue weighted by Crippen LogP contribution is -2.54. The minimum atomic E-state index is -1.06. The van der Waals surface area contributed by atoms with Crippen molar-refractivity contribution < 1.29 is 19.1 Å². The first-order chi connectivity index (χ1) is 16.9. The monoisotopic (exact) mass is 506 g/mol. The zero-order chi connectivity index (χ0) is 26.8. The first kappa shape index (κ1) is 27.4. The van der Waals surface area contributed by atoms with E-state index in [1.54, 1.807) is 0 Å². The largest absolute Gasteiger partial charge is 0.383 e. The van der Waals surface area contributed by atoms with Crippen molar-refractivity contribution in [2.45, 2.75) is 71.9 Å². The van der Waals surface area contributed by atoms with Gasteiger partial charge in [0.2, 0.25) is 5.91 Å². The Morgan fingerprint density at radius 1 is 1.22 bits per heavy atom. The van der Waals surface area contributed by atoms with E-state index in [0.29, 0.717) is 19.3 Å². The van der Waals surface area contributed by atoms with Gasteiger partial charge in [-0.1, -0.05) is 34.1 Å². The molecule has 1 aromatic heterocycles. The molecule has 2 fully saturated rings. The van der Waals surface area contributed by atoms with Crippen molar-refractivity contribution in [1.29, 1.82) is 0 Å². The highest BCUT2D eigenvalue weighted by molar-refractivity contribution is 6.10. The number of aromatic nitrogens is 2. The number of hydrogen-bond donors (Lipinski definition) is 3. The third-order valence-electron chi connectivity index (χ3n) is 6.96. The van der Waals surface area contributed by atoms with Crippen LogP contribution in [-0.2, 0) is 20.9 Å². The summed E-state index contributed by atoms with van der Waals surface area (Å²) in [4.78, 5) is 69.2. The van der Waals surface area contributed by atoms with Gasteiger partial charge in [-0.3, -0.25) is 28.8 Å². The third-order valence-corrected chi connectivity index (χ3v) is 6.96. The van der Waals surface area contributed by atoms with Crippen molar-refractivity contribution in [2.24, 2.45) is 11.3 Å². The molecule has 2 aliphatic rings. The number of nitrogen functional groups attached to an aromatic ring is 1. The van der Waals surface area contributed by atoms with Crippen molar-refractivity contribution in [2.75, 3.05) is 37.4 Å². The van der Waals surface area contributed by atoms with E-state index in [2.05, 4.69) is 24.1 Å². The Kier molecular flexibility index (Phi) is 7.97. The quantitative estimate of drug-likeness (QED) is 0.422. The van der Waals surface area contributed by atoms with Gasteiger partial charge in [0.1, 0.15) is 17.9 Å². The molecule has 1 aromatic rings. The van der Waals surface area contributed by atoms with Crippen molar-refractivity contribution in [3.8, 4) is 0 Å². The molecule has 3 rings (SSSR count). The first-order valence-electron chi connectivity index (χ1n) is 12.4. The molecule has 12 heteroatoms. The summed E-state index contributed by atoms with van der Waals surface area (Å²) < 4.78 is 6.31. The van der Waals surface area contributed by atoms with Gasteiger partial charge in [0, 0.05) is 20.2 Å². The van der Waals surface area contributed by atoms with E-state index in [-0.39, 0.29) is 42.5 Å². The normalized spacial score (nSPS) is 23.2. The average molecular weight is 507 g/mol. The van der Waals surface area contributed by atoms with Crippen molar-refractivity contribution >= 4 is 29.4 Å². The minimum Gasteiger partial charge on any atom is -0.383 e. The molecule has 0 bridgehead atoms. The van der Waals surface area contributed by atoms with Gasteiger partial charge >= 0.3 is 11.7 Å². The number of hydrogen-bond acceptors (Lipinski definition) is 7. The molecule has 1 saturated carbocycles. The molecule has 0 radical (unpaired) electrons. The summed E-state index contributed by atoms with van der Waals surface area (Å²) >= 11 is 0. The Labute approximate surface area is 210 Å². The summed E-state index contributed by atoms with van der Waals surface area (Å²) in [6, 6.07) is -0.639. The predicted octanol–water partition coefficient (Wildman–Crippen LogP) is 1.04. The smallest absolute Gasteiger partial charge is 0.330 e. The van der Waals surface area contributed by atoms with E-state index in [4.69, 9.17) is 10.5 Å². The van der Waals surface area contributed by atoms with E-state index < -0.39 is 41.2 Å². The van der Waals surface area contributed by atoms with Crippen molar-refractivity contribution in [3.05, 3.63) is 20.8 Å². The maximum Gasteiger partial charge on any atom is 0.330 e. The Morgan fingerprint density at radius 2 is 1.92 bits per heavy atom. The number of nitrogens with zero attached hydrogens (tertiary/aromatic N) is 3. The molecule has 1 saturated heterocycles. The van der Waals surface area contributed by atoms with Crippen LogP contribution in [0.3, 0.4) is 0 Å². The molecule has 200 valence electrons. The van der Waals surface area contributed by atoms with E-state index in [1.165, 1.54) is 11.7 Å². The molecule has 1 aliphatic carbocycles. The van der Waals surface area contributed by atoms with Crippen LogP contribution in [-0.4, -0.2) is 64.6 Å². The number of nitrogens with one attached hydrogen (secondary N) is 2. The van der Waals surface area contributed by atoms with Gasteiger partial charge < -0.3 is 20.7 Å². The van der Waals surface area contributed by atoms with E-state index in [1.807, 2.05) is 13.8 Å². The molecule has 4 amide bonds. The number of nitrogens with two attached hydrogens (primary N) is 1. The molecule has 1 aliphatic heterocycles. The Balaban J connectivity index is 1.93. The third kappa shape index (κ3) is 5.32. The van der Waals surface area contributed by atoms with Crippen LogP contribution in [0, 0.1) is 11.3 Å². The number of anilines is 2. The zero-order valence-electron chi connectivity index (χ0n) is 21.8. The van der Waals surface area contributed by atoms with Gasteiger partial charge in [0.25, 0.3) is 11.5 Å². The highest BCUT2D eigenvalue weighted by Gasteiger charge is 2.56. The summed E-state index contributed by atoms with van der Waals surface area (Å²) in [6.07, 6.45) is 3.32. The number of carbonyl (C=O) groups excluding carboxylic acids is 3. The van der Waals surface area contributed by atoms with Crippen molar-refractivity contribution in [1.82, 2.24) is 19.8 Å². The Bertz CT molecular complexity index is 1140. The predicted molar refractivity (Wildman–Crippen MR) is 135 cm³/mol. The Morgan fingerprint density at radius 3 is 2.53 bits per heavy atom. The molecule has 2 heterocycles. The highest BCUT2D eigenvalue weighted by Crippen LogP contribution is 2.46. The number of H-pyrrole nitrogens is 1. The summed E-state index contributed by atoms with van der Waals surface area (Å²) in [5, 5.41) is 2.85. The fourth-order valence-electron chi connectivity index (χ4n) is 5.79. The second-order valence-electron chi connectivity index (χ2n) is 10.8. The lowest BCUT2D eigenvalue weighted by atomic mass is 9.64. The average Bonchev–Trinajstić information content (AvgIpc) is 2.97. The molecule has 1 spiro atoms. The summed E-state index contributed by atoms with van der Waals surface area (Å²) in [5.41, 5.74) is 3.29. The van der Waals surface area contributed by atoms with Gasteiger partial charge in [-0.05, 0) is 37.0 Å². The molecule has 36 heavy (non-hydrogen) atoms. The maximum atomic E-state index is 13.5. The number of ether oxygens (including phenoxy) is 1. The SMILES string of the molecule is CCCCn1c(N)c(N(CCOC)C(=O)CN2C(=O)N[C@]3(C[C@H](C)CC(C)(C)C3)C2=O)c(=O)[nH]c1=O. The molecule has 0 unspecified atom stereocenters. The van der Waals surface area contributed by atoms with E-state index >= 15 is 0 Å². The molecular weight excluding hydrogens is 468 g/mol. The lowest BCUT2D eigenvalue weighted by molar-refractivity contribution is -0.137. The van der Waals surface area contributed by atoms with Crippen LogP contribution >= 0.6 is 0 Å². The summed E-state index contributed by atoms with van der Waals surface area (Å²) in [7, 11) is 1.44. The van der Waals surface area contributed by atoms with Crippen LogP contribution in [0.25, 0.3) is 0 Å². The lowest BCUT2D eigenvalue weighted by Gasteiger charge is -2.43. The van der Waals surface area contributed by atoms with Crippen LogP contribution in [0.4, 0.5) is 16.3 Å². The van der Waals surface area contributed by atoms with Gasteiger partial charge in [0.15, 0.2) is 5.69 Å². The van der Waals surface area contributed by atoms with Gasteiger partial charge in [-0.2, -0.15) is 0 Å². The van der Waals surface area contributed by atoms with E-state index in [9.17, 15) is 24.0 Å². The van der Waals surface area contributed by atoms with E-state index in [0.717, 1.165) is 22.6 Å². The van der Waals surface area contributed by atoms with Crippen LogP contribution in [0.1, 0.15) is 59.8 Å². The number of methoxy groups -OCH3 is 1. The number of imide groups is 1. The van der Waals surface area contributed by atoms with Crippen LogP contribution in [0.2, 0.25) is 0 Å². The van der Waals surface area contributed by atoms with Gasteiger partial charge in [-0.25, -0.2) is 9.59 Å². The number of aromatic amines is 1. The van der Waals surface area contributed by atoms with Gasteiger partial charge in [-0.15, -0.1) is 0 Å². The highest BCUT2D eigenvalue weighted by atomic mass is 16.5. The van der Waals surface area contributed by atoms with Crippen LogP contribution in [0.5, 0.6) is 0 Å². The number of carbonyl (C=O) groups is 3. The topological polar surface area (TPSA) is 160 Å². The molecular formula is C24H38N6O6. The summed E-state index contributed by atoms with van der Waals surface area (Å²) in [6.45, 7) is 7.81. The molecule has 2 atom stereocenters. The number of urea groups is 1. The second kappa shape index (κ2) is 10.5. The zero-order valence-corrected chi connectivity index (χ0v) is 21.8. The fraction of sp³-hybridized carbons (Fsp3) is 0.708.